The second-order valence-corrected chi connectivity index (χ2v) is 6.24. The minimum absolute atomic E-state index is 0.125. The highest BCUT2D eigenvalue weighted by molar-refractivity contribution is 5.94. The van der Waals surface area contributed by atoms with Gasteiger partial charge in [0.2, 0.25) is 11.8 Å². The molecule has 0 radical (unpaired) electrons. The molecule has 0 bridgehead atoms. The zero-order valence-corrected chi connectivity index (χ0v) is 14.5. The Balaban J connectivity index is 1.49. The molecule has 27 heavy (non-hydrogen) atoms. The normalized spacial score (nSPS) is 16.7. The molecule has 1 atom stereocenters. The third-order valence-corrected chi connectivity index (χ3v) is 4.29. The number of hydrogen-bond acceptors (Lipinski definition) is 5. The van der Waals surface area contributed by atoms with Crippen molar-refractivity contribution in [2.24, 2.45) is 5.92 Å². The molecule has 2 N–H and O–H groups in total. The molecule has 0 aliphatic carbocycles. The Morgan fingerprint density at radius 1 is 1.22 bits per heavy atom. The van der Waals surface area contributed by atoms with E-state index in [1.54, 1.807) is 18.6 Å². The highest BCUT2D eigenvalue weighted by atomic mass is 19.2. The average molecular weight is 375 g/mol. The van der Waals surface area contributed by atoms with Crippen molar-refractivity contribution in [2.45, 2.75) is 12.8 Å². The van der Waals surface area contributed by atoms with Crippen LogP contribution in [0.5, 0.6) is 0 Å². The Labute approximate surface area is 154 Å². The molecule has 2 amide bonds. The lowest BCUT2D eigenvalue weighted by molar-refractivity contribution is -0.127. The highest BCUT2D eigenvalue weighted by Crippen LogP contribution is 2.21. The van der Waals surface area contributed by atoms with Gasteiger partial charge in [0.05, 0.1) is 18.7 Å². The third-order valence-electron chi connectivity index (χ3n) is 4.29. The lowest BCUT2D eigenvalue weighted by Crippen LogP contribution is -2.45. The van der Waals surface area contributed by atoms with Gasteiger partial charge in [-0.05, 0) is 25.0 Å². The zero-order chi connectivity index (χ0) is 19.2. The van der Waals surface area contributed by atoms with E-state index in [9.17, 15) is 18.4 Å². The number of anilines is 2. The molecular formula is C18H19F2N5O2. The van der Waals surface area contributed by atoms with Crippen LogP contribution in [0.3, 0.4) is 0 Å². The highest BCUT2D eigenvalue weighted by Gasteiger charge is 2.26. The Morgan fingerprint density at radius 2 is 2.07 bits per heavy atom. The molecule has 7 nitrogen and oxygen atoms in total. The van der Waals surface area contributed by atoms with Crippen LogP contribution in [-0.2, 0) is 9.59 Å². The van der Waals surface area contributed by atoms with Crippen molar-refractivity contribution in [3.05, 3.63) is 48.4 Å². The number of nitrogens with one attached hydrogen (secondary N) is 2. The van der Waals surface area contributed by atoms with Gasteiger partial charge in [-0.25, -0.2) is 13.8 Å². The summed E-state index contributed by atoms with van der Waals surface area (Å²) in [7, 11) is 0. The van der Waals surface area contributed by atoms with Crippen molar-refractivity contribution in [3.63, 3.8) is 0 Å². The predicted molar refractivity (Wildman–Crippen MR) is 95.0 cm³/mol. The molecule has 2 heterocycles. The number of rotatable bonds is 5. The van der Waals surface area contributed by atoms with E-state index in [1.807, 2.05) is 4.90 Å². The maximum Gasteiger partial charge on any atom is 0.243 e. The zero-order valence-electron chi connectivity index (χ0n) is 14.5. The van der Waals surface area contributed by atoms with Crippen LogP contribution in [0.25, 0.3) is 0 Å². The summed E-state index contributed by atoms with van der Waals surface area (Å²) < 4.78 is 26.0. The van der Waals surface area contributed by atoms with Gasteiger partial charge < -0.3 is 15.5 Å². The van der Waals surface area contributed by atoms with Crippen LogP contribution in [-0.4, -0.2) is 41.4 Å². The SMILES string of the molecule is O=C(CNC(=O)C1CCCN(c2cnccn2)C1)Nc1ccc(F)c(F)c1. The minimum Gasteiger partial charge on any atom is -0.355 e. The van der Waals surface area contributed by atoms with Crippen LogP contribution < -0.4 is 15.5 Å². The van der Waals surface area contributed by atoms with Crippen molar-refractivity contribution in [1.29, 1.82) is 0 Å². The summed E-state index contributed by atoms with van der Waals surface area (Å²) in [6, 6.07) is 3.06. The Kier molecular flexibility index (Phi) is 5.90. The molecule has 1 aliphatic rings. The Hall–Kier alpha value is -3.10. The average Bonchev–Trinajstić information content (AvgIpc) is 2.70. The van der Waals surface area contributed by atoms with Gasteiger partial charge in [0.1, 0.15) is 5.82 Å². The lowest BCUT2D eigenvalue weighted by Gasteiger charge is -2.32. The molecule has 9 heteroatoms. The van der Waals surface area contributed by atoms with E-state index in [0.717, 1.165) is 25.1 Å². The van der Waals surface area contributed by atoms with Crippen molar-refractivity contribution in [2.75, 3.05) is 29.9 Å². The second kappa shape index (κ2) is 8.52. The molecular weight excluding hydrogens is 356 g/mol. The number of amides is 2. The molecule has 1 aromatic heterocycles. The van der Waals surface area contributed by atoms with Gasteiger partial charge in [0.25, 0.3) is 0 Å². The number of carbonyl (C=O) groups is 2. The number of aromatic nitrogens is 2. The standard InChI is InChI=1S/C18H19F2N5O2/c19-14-4-3-13(8-15(14)20)24-17(26)10-23-18(27)12-2-1-7-25(11-12)16-9-21-5-6-22-16/h3-6,8-9,12H,1-2,7,10-11H2,(H,23,27)(H,24,26). The summed E-state index contributed by atoms with van der Waals surface area (Å²) >= 11 is 0. The van der Waals surface area contributed by atoms with Crippen LogP contribution in [0.1, 0.15) is 12.8 Å². The fraction of sp³-hybridized carbons (Fsp3) is 0.333. The quantitative estimate of drug-likeness (QED) is 0.831. The lowest BCUT2D eigenvalue weighted by atomic mass is 9.97. The van der Waals surface area contributed by atoms with E-state index in [0.29, 0.717) is 18.8 Å². The predicted octanol–water partition coefficient (Wildman–Crippen LogP) is 1.73. The van der Waals surface area contributed by atoms with E-state index < -0.39 is 17.5 Å². The molecule has 0 spiro atoms. The summed E-state index contributed by atoms with van der Waals surface area (Å²) in [5.41, 5.74) is 0.125. The van der Waals surface area contributed by atoms with Gasteiger partial charge in [-0.15, -0.1) is 0 Å². The van der Waals surface area contributed by atoms with Crippen LogP contribution >= 0.6 is 0 Å². The number of piperidine rings is 1. The van der Waals surface area contributed by atoms with Gasteiger partial charge >= 0.3 is 0 Å². The first-order valence-corrected chi connectivity index (χ1v) is 8.56. The van der Waals surface area contributed by atoms with Gasteiger partial charge in [0, 0.05) is 37.2 Å². The number of hydrogen-bond donors (Lipinski definition) is 2. The van der Waals surface area contributed by atoms with Crippen LogP contribution in [0.2, 0.25) is 0 Å². The molecule has 1 fully saturated rings. The molecule has 1 saturated heterocycles. The van der Waals surface area contributed by atoms with E-state index in [1.165, 1.54) is 6.07 Å². The van der Waals surface area contributed by atoms with Crippen molar-refractivity contribution < 1.29 is 18.4 Å². The molecule has 1 unspecified atom stereocenters. The Bertz CT molecular complexity index is 819. The maximum atomic E-state index is 13.2. The third kappa shape index (κ3) is 4.96. The van der Waals surface area contributed by atoms with Gasteiger partial charge in [0.15, 0.2) is 11.6 Å². The first kappa shape index (κ1) is 18.7. The molecule has 2 aromatic rings. The molecule has 3 rings (SSSR count). The number of halogens is 2. The topological polar surface area (TPSA) is 87.2 Å². The number of nitrogens with zero attached hydrogens (tertiary/aromatic N) is 3. The molecule has 0 saturated carbocycles. The summed E-state index contributed by atoms with van der Waals surface area (Å²) in [6.07, 6.45) is 6.38. The first-order chi connectivity index (χ1) is 13.0. The van der Waals surface area contributed by atoms with Crippen molar-refractivity contribution in [1.82, 2.24) is 15.3 Å². The van der Waals surface area contributed by atoms with E-state index in [-0.39, 0.29) is 24.1 Å². The van der Waals surface area contributed by atoms with Gasteiger partial charge in [-0.3, -0.25) is 14.6 Å². The van der Waals surface area contributed by atoms with E-state index in [4.69, 9.17) is 0 Å². The van der Waals surface area contributed by atoms with Gasteiger partial charge in [-0.1, -0.05) is 0 Å². The van der Waals surface area contributed by atoms with Crippen LogP contribution in [0.15, 0.2) is 36.8 Å². The summed E-state index contributed by atoms with van der Waals surface area (Å²) in [5, 5.41) is 5.00. The monoisotopic (exact) mass is 375 g/mol. The van der Waals surface area contributed by atoms with E-state index in [2.05, 4.69) is 20.6 Å². The number of carbonyl (C=O) groups excluding carboxylic acids is 2. The number of benzene rings is 1. The van der Waals surface area contributed by atoms with Crippen molar-refractivity contribution >= 4 is 23.3 Å². The van der Waals surface area contributed by atoms with Gasteiger partial charge in [-0.2, -0.15) is 0 Å². The van der Waals surface area contributed by atoms with E-state index >= 15 is 0 Å². The first-order valence-electron chi connectivity index (χ1n) is 8.56. The summed E-state index contributed by atoms with van der Waals surface area (Å²) in [4.78, 5) is 34.5. The second-order valence-electron chi connectivity index (χ2n) is 6.24. The molecule has 1 aromatic carbocycles. The van der Waals surface area contributed by atoms with Crippen LogP contribution in [0, 0.1) is 17.6 Å². The maximum absolute atomic E-state index is 13.2. The largest absolute Gasteiger partial charge is 0.355 e. The Morgan fingerprint density at radius 3 is 2.81 bits per heavy atom. The summed E-state index contributed by atoms with van der Waals surface area (Å²) in [6.45, 7) is 1.04. The fourth-order valence-electron chi connectivity index (χ4n) is 2.94. The molecule has 142 valence electrons. The van der Waals surface area contributed by atoms with Crippen LogP contribution in [0.4, 0.5) is 20.3 Å². The molecule has 1 aliphatic heterocycles. The fourth-order valence-corrected chi connectivity index (χ4v) is 2.94. The minimum atomic E-state index is -1.05. The van der Waals surface area contributed by atoms with Crippen molar-refractivity contribution in [3.8, 4) is 0 Å². The summed E-state index contributed by atoms with van der Waals surface area (Å²) in [5.74, 6) is -2.35. The smallest absolute Gasteiger partial charge is 0.243 e.